The zero-order valence-corrected chi connectivity index (χ0v) is 10.7. The fourth-order valence-electron chi connectivity index (χ4n) is 1.26. The second kappa shape index (κ2) is 6.66. The van der Waals surface area contributed by atoms with Crippen LogP contribution in [0.4, 0.5) is 14.5 Å². The van der Waals surface area contributed by atoms with Gasteiger partial charge in [0.25, 0.3) is 0 Å². The molecule has 0 aliphatic carbocycles. The Labute approximate surface area is 107 Å². The summed E-state index contributed by atoms with van der Waals surface area (Å²) in [6.45, 7) is 0.518. The standard InChI is InChI=1S/C11H13BrF2N2O/c12-7-5-10(9(14)6-8(7)13)16-11(17)3-1-2-4-15/h5-6H,1-4,15H2,(H,16,17). The molecule has 0 radical (unpaired) electrons. The van der Waals surface area contributed by atoms with Crippen LogP contribution in [0.25, 0.3) is 0 Å². The van der Waals surface area contributed by atoms with Crippen molar-refractivity contribution >= 4 is 27.5 Å². The number of anilines is 1. The highest BCUT2D eigenvalue weighted by molar-refractivity contribution is 9.10. The second-order valence-corrected chi connectivity index (χ2v) is 4.39. The minimum absolute atomic E-state index is 0.0315. The molecule has 6 heteroatoms. The molecule has 0 atom stereocenters. The lowest BCUT2D eigenvalue weighted by atomic mass is 10.2. The Morgan fingerprint density at radius 1 is 1.29 bits per heavy atom. The second-order valence-electron chi connectivity index (χ2n) is 3.54. The molecule has 17 heavy (non-hydrogen) atoms. The maximum absolute atomic E-state index is 13.3. The number of amides is 1. The number of rotatable bonds is 5. The lowest BCUT2D eigenvalue weighted by Gasteiger charge is -2.07. The van der Waals surface area contributed by atoms with Crippen LogP contribution in [0, 0.1) is 11.6 Å². The van der Waals surface area contributed by atoms with Crippen molar-refractivity contribution in [3.8, 4) is 0 Å². The molecule has 94 valence electrons. The Morgan fingerprint density at radius 2 is 2.00 bits per heavy atom. The van der Waals surface area contributed by atoms with Crippen LogP contribution in [0.15, 0.2) is 16.6 Å². The van der Waals surface area contributed by atoms with Crippen LogP contribution in [0.5, 0.6) is 0 Å². The smallest absolute Gasteiger partial charge is 0.224 e. The average Bonchev–Trinajstić information content (AvgIpc) is 2.26. The van der Waals surface area contributed by atoms with Gasteiger partial charge >= 0.3 is 0 Å². The number of hydrogen-bond acceptors (Lipinski definition) is 2. The predicted molar refractivity (Wildman–Crippen MR) is 65.6 cm³/mol. The first kappa shape index (κ1) is 14.1. The highest BCUT2D eigenvalue weighted by Crippen LogP contribution is 2.23. The highest BCUT2D eigenvalue weighted by atomic mass is 79.9. The van der Waals surface area contributed by atoms with Crippen LogP contribution < -0.4 is 11.1 Å². The average molecular weight is 307 g/mol. The molecule has 1 rings (SSSR count). The van der Waals surface area contributed by atoms with Crippen molar-refractivity contribution in [2.24, 2.45) is 5.73 Å². The van der Waals surface area contributed by atoms with Gasteiger partial charge in [-0.15, -0.1) is 0 Å². The van der Waals surface area contributed by atoms with Gasteiger partial charge in [0.2, 0.25) is 5.91 Å². The van der Waals surface area contributed by atoms with Crippen LogP contribution in [0.1, 0.15) is 19.3 Å². The molecule has 0 fully saturated rings. The third-order valence-electron chi connectivity index (χ3n) is 2.14. The van der Waals surface area contributed by atoms with Crippen molar-refractivity contribution in [1.29, 1.82) is 0 Å². The van der Waals surface area contributed by atoms with Gasteiger partial charge < -0.3 is 11.1 Å². The molecule has 1 amide bonds. The molecule has 0 aromatic heterocycles. The number of carbonyl (C=O) groups excluding carboxylic acids is 1. The zero-order chi connectivity index (χ0) is 12.8. The Balaban J connectivity index is 2.62. The lowest BCUT2D eigenvalue weighted by Crippen LogP contribution is -2.13. The third-order valence-corrected chi connectivity index (χ3v) is 2.75. The van der Waals surface area contributed by atoms with Gasteiger partial charge in [-0.05, 0) is 41.4 Å². The molecule has 0 unspecified atom stereocenters. The fourth-order valence-corrected chi connectivity index (χ4v) is 1.60. The molecule has 0 spiro atoms. The summed E-state index contributed by atoms with van der Waals surface area (Å²) >= 11 is 2.92. The van der Waals surface area contributed by atoms with E-state index in [1.165, 1.54) is 6.07 Å². The Morgan fingerprint density at radius 3 is 2.65 bits per heavy atom. The van der Waals surface area contributed by atoms with E-state index in [9.17, 15) is 13.6 Å². The van der Waals surface area contributed by atoms with Gasteiger partial charge in [-0.2, -0.15) is 0 Å². The SMILES string of the molecule is NCCCCC(=O)Nc1cc(Br)c(F)cc1F. The van der Waals surface area contributed by atoms with Gasteiger partial charge in [-0.3, -0.25) is 4.79 Å². The first-order valence-corrected chi connectivity index (χ1v) is 5.98. The van der Waals surface area contributed by atoms with E-state index < -0.39 is 11.6 Å². The van der Waals surface area contributed by atoms with E-state index in [-0.39, 0.29) is 22.5 Å². The fraction of sp³-hybridized carbons (Fsp3) is 0.364. The zero-order valence-electron chi connectivity index (χ0n) is 9.10. The molecule has 0 heterocycles. The number of nitrogens with two attached hydrogens (primary N) is 1. The normalized spacial score (nSPS) is 10.4. The summed E-state index contributed by atoms with van der Waals surface area (Å²) in [7, 11) is 0. The van der Waals surface area contributed by atoms with Crippen LogP contribution in [-0.2, 0) is 4.79 Å². The molecule has 0 aliphatic heterocycles. The molecule has 3 nitrogen and oxygen atoms in total. The van der Waals surface area contributed by atoms with E-state index in [1.807, 2.05) is 0 Å². The third kappa shape index (κ3) is 4.40. The molecule has 3 N–H and O–H groups in total. The lowest BCUT2D eigenvalue weighted by molar-refractivity contribution is -0.116. The van der Waals surface area contributed by atoms with E-state index >= 15 is 0 Å². The maximum Gasteiger partial charge on any atom is 0.224 e. The van der Waals surface area contributed by atoms with Crippen LogP contribution >= 0.6 is 15.9 Å². The Kier molecular flexibility index (Phi) is 5.50. The molecule has 0 bridgehead atoms. The number of carbonyl (C=O) groups is 1. The number of halogens is 3. The summed E-state index contributed by atoms with van der Waals surface area (Å²) in [5, 5.41) is 2.39. The monoisotopic (exact) mass is 306 g/mol. The van der Waals surface area contributed by atoms with Gasteiger partial charge in [0, 0.05) is 12.5 Å². The van der Waals surface area contributed by atoms with Crippen molar-refractivity contribution < 1.29 is 13.6 Å². The van der Waals surface area contributed by atoms with Gasteiger partial charge in [-0.25, -0.2) is 8.78 Å². The van der Waals surface area contributed by atoms with Gasteiger partial charge in [0.15, 0.2) is 0 Å². The quantitative estimate of drug-likeness (QED) is 0.649. The summed E-state index contributed by atoms with van der Waals surface area (Å²) in [6.07, 6.45) is 1.65. The molecule has 0 saturated heterocycles. The van der Waals surface area contributed by atoms with Crippen molar-refractivity contribution in [3.05, 3.63) is 28.2 Å². The van der Waals surface area contributed by atoms with Gasteiger partial charge in [0.1, 0.15) is 11.6 Å². The maximum atomic E-state index is 13.3. The van der Waals surface area contributed by atoms with E-state index in [0.717, 1.165) is 12.5 Å². The topological polar surface area (TPSA) is 55.1 Å². The van der Waals surface area contributed by atoms with Crippen LogP contribution in [0.2, 0.25) is 0 Å². The summed E-state index contributed by atoms with van der Waals surface area (Å²) in [4.78, 5) is 11.4. The summed E-state index contributed by atoms with van der Waals surface area (Å²) in [5.74, 6) is -1.81. The van der Waals surface area contributed by atoms with Crippen molar-refractivity contribution in [2.75, 3.05) is 11.9 Å². The van der Waals surface area contributed by atoms with Gasteiger partial charge in [-0.1, -0.05) is 0 Å². The minimum Gasteiger partial charge on any atom is -0.330 e. The number of nitrogens with one attached hydrogen (secondary N) is 1. The molecule has 0 aliphatic rings. The van der Waals surface area contributed by atoms with Crippen LogP contribution in [-0.4, -0.2) is 12.5 Å². The molecular formula is C11H13BrF2N2O. The summed E-state index contributed by atoms with van der Waals surface area (Å²) < 4.78 is 26.3. The van der Waals surface area contributed by atoms with Crippen molar-refractivity contribution in [2.45, 2.75) is 19.3 Å². The van der Waals surface area contributed by atoms with Gasteiger partial charge in [0.05, 0.1) is 10.2 Å². The highest BCUT2D eigenvalue weighted by Gasteiger charge is 2.10. The largest absolute Gasteiger partial charge is 0.330 e. The number of unbranched alkanes of at least 4 members (excludes halogenated alkanes) is 1. The molecule has 0 saturated carbocycles. The van der Waals surface area contributed by atoms with E-state index in [0.29, 0.717) is 13.0 Å². The van der Waals surface area contributed by atoms with Crippen molar-refractivity contribution in [1.82, 2.24) is 0 Å². The molecule has 1 aromatic rings. The van der Waals surface area contributed by atoms with Crippen molar-refractivity contribution in [3.63, 3.8) is 0 Å². The first-order valence-electron chi connectivity index (χ1n) is 5.19. The number of benzene rings is 1. The van der Waals surface area contributed by atoms with E-state index in [1.54, 1.807) is 0 Å². The summed E-state index contributed by atoms with van der Waals surface area (Å²) in [5.41, 5.74) is 5.26. The van der Waals surface area contributed by atoms with Crippen LogP contribution in [0.3, 0.4) is 0 Å². The Hall–Kier alpha value is -1.01. The minimum atomic E-state index is -0.794. The summed E-state index contributed by atoms with van der Waals surface area (Å²) in [6, 6.07) is 1.92. The van der Waals surface area contributed by atoms with E-state index in [4.69, 9.17) is 5.73 Å². The predicted octanol–water partition coefficient (Wildman–Crippen LogP) is 2.79. The Bertz CT molecular complexity index is 413. The van der Waals surface area contributed by atoms with E-state index in [2.05, 4.69) is 21.2 Å². The molecule has 1 aromatic carbocycles. The molecular weight excluding hydrogens is 294 g/mol. The number of hydrogen-bond donors (Lipinski definition) is 2. The first-order chi connectivity index (χ1) is 8.04.